The summed E-state index contributed by atoms with van der Waals surface area (Å²) >= 11 is 0. The van der Waals surface area contributed by atoms with E-state index in [9.17, 15) is 5.11 Å². The first-order valence-electron chi connectivity index (χ1n) is 7.38. The van der Waals surface area contributed by atoms with E-state index in [1.165, 1.54) is 22.2 Å². The normalized spacial score (nSPS) is 15.8. The summed E-state index contributed by atoms with van der Waals surface area (Å²) in [6.07, 6.45) is 4.56. The zero-order valence-electron chi connectivity index (χ0n) is 13.3. The van der Waals surface area contributed by atoms with Gasteiger partial charge in [0.25, 0.3) is 0 Å². The lowest BCUT2D eigenvalue weighted by atomic mass is 10.4. The molecule has 1 aliphatic rings. The molecule has 0 unspecified atom stereocenters. The molecule has 2 aromatic rings. The fourth-order valence-corrected chi connectivity index (χ4v) is 2.31. The Balaban J connectivity index is 1.90. The van der Waals surface area contributed by atoms with Crippen LogP contribution in [0.4, 0.5) is 11.6 Å². The highest BCUT2D eigenvalue weighted by atomic mass is 16.5. The van der Waals surface area contributed by atoms with Crippen LogP contribution >= 0.6 is 0 Å². The summed E-state index contributed by atoms with van der Waals surface area (Å²) in [5.41, 5.74) is 0.437. The smallest absolute Gasteiger partial charge is 0.236 e. The van der Waals surface area contributed by atoms with Crippen LogP contribution in [-0.4, -0.2) is 63.1 Å². The van der Waals surface area contributed by atoms with Crippen molar-refractivity contribution >= 4 is 24.1 Å². The molecule has 1 saturated heterocycles. The molecule has 1 N–H and O–H groups in total. The van der Waals surface area contributed by atoms with Crippen molar-refractivity contribution in [3.8, 4) is 0 Å². The average molecular weight is 330 g/mol. The van der Waals surface area contributed by atoms with Gasteiger partial charge in [-0.3, -0.25) is 0 Å². The van der Waals surface area contributed by atoms with E-state index in [4.69, 9.17) is 4.74 Å². The zero-order valence-corrected chi connectivity index (χ0v) is 13.3. The van der Waals surface area contributed by atoms with Crippen LogP contribution in [0.1, 0.15) is 6.92 Å². The van der Waals surface area contributed by atoms with Gasteiger partial charge in [-0.05, 0) is 6.92 Å². The van der Waals surface area contributed by atoms with Gasteiger partial charge in [-0.15, -0.1) is 5.10 Å². The molecule has 3 heterocycles. The first kappa shape index (κ1) is 15.9. The molecule has 0 aliphatic carbocycles. The van der Waals surface area contributed by atoms with E-state index in [-0.39, 0.29) is 5.88 Å². The molecule has 10 nitrogen and oxygen atoms in total. The molecule has 24 heavy (non-hydrogen) atoms. The summed E-state index contributed by atoms with van der Waals surface area (Å²) in [4.78, 5) is 10.5. The number of anilines is 2. The number of rotatable bonds is 5. The van der Waals surface area contributed by atoms with Crippen LogP contribution < -0.4 is 9.91 Å². The molecule has 0 spiro atoms. The van der Waals surface area contributed by atoms with E-state index in [0.717, 1.165) is 18.9 Å². The van der Waals surface area contributed by atoms with Gasteiger partial charge in [-0.2, -0.15) is 10.1 Å². The number of aliphatic hydroxyl groups is 1. The van der Waals surface area contributed by atoms with Crippen molar-refractivity contribution in [3.63, 3.8) is 0 Å². The van der Waals surface area contributed by atoms with Gasteiger partial charge in [-0.1, -0.05) is 5.21 Å². The number of aromatic nitrogens is 5. The topological polar surface area (TPSA) is 105 Å². The van der Waals surface area contributed by atoms with Gasteiger partial charge >= 0.3 is 0 Å². The van der Waals surface area contributed by atoms with Crippen LogP contribution in [0.3, 0.4) is 0 Å². The standard InChI is InChI=1S/C14H18N8O2/c1-11(21-4-3-18-19-21)14(23)22(15-2)13-9-12(16-10-17-13)20-5-7-24-8-6-20/h3-4,9-10,23H,2,5-8H2,1H3/b14-11-. The quantitative estimate of drug-likeness (QED) is 0.486. The number of hydrogen-bond acceptors (Lipinski definition) is 9. The minimum atomic E-state index is -0.151. The molecule has 126 valence electrons. The number of ether oxygens (including phenoxy) is 1. The second-order valence-electron chi connectivity index (χ2n) is 5.04. The first-order valence-corrected chi connectivity index (χ1v) is 7.38. The lowest BCUT2D eigenvalue weighted by molar-refractivity contribution is 0.122. The Labute approximate surface area is 138 Å². The van der Waals surface area contributed by atoms with Crippen LogP contribution in [0.15, 0.2) is 35.8 Å². The van der Waals surface area contributed by atoms with E-state index in [0.29, 0.717) is 24.7 Å². The van der Waals surface area contributed by atoms with Gasteiger partial charge in [0.2, 0.25) is 5.88 Å². The lowest BCUT2D eigenvalue weighted by Crippen LogP contribution is -2.36. The number of hydrazone groups is 1. The van der Waals surface area contributed by atoms with Gasteiger partial charge in [0.15, 0.2) is 5.82 Å². The molecular weight excluding hydrogens is 312 g/mol. The van der Waals surface area contributed by atoms with Crippen LogP contribution in [-0.2, 0) is 4.74 Å². The molecule has 2 aromatic heterocycles. The average Bonchev–Trinajstić information content (AvgIpc) is 3.17. The molecule has 0 bridgehead atoms. The monoisotopic (exact) mass is 330 g/mol. The number of aliphatic hydroxyl groups excluding tert-OH is 1. The van der Waals surface area contributed by atoms with Crippen LogP contribution in [0, 0.1) is 0 Å². The van der Waals surface area contributed by atoms with E-state index < -0.39 is 0 Å². The first-order chi connectivity index (χ1) is 11.7. The summed E-state index contributed by atoms with van der Waals surface area (Å²) < 4.78 is 6.77. The SMILES string of the molecule is C=NN(/C(O)=C(\C)n1ccnn1)c1cc(N2CCOCC2)ncn1. The third kappa shape index (κ3) is 3.18. The second-order valence-corrected chi connectivity index (χ2v) is 5.04. The summed E-state index contributed by atoms with van der Waals surface area (Å²) in [6.45, 7) is 7.99. The van der Waals surface area contributed by atoms with Crippen molar-refractivity contribution in [2.75, 3.05) is 36.2 Å². The van der Waals surface area contributed by atoms with Crippen molar-refractivity contribution < 1.29 is 9.84 Å². The zero-order chi connectivity index (χ0) is 16.9. The molecule has 0 aromatic carbocycles. The highest BCUT2D eigenvalue weighted by Gasteiger charge is 2.19. The van der Waals surface area contributed by atoms with Crippen molar-refractivity contribution in [3.05, 3.63) is 30.7 Å². The van der Waals surface area contributed by atoms with Gasteiger partial charge in [0, 0.05) is 25.9 Å². The highest BCUT2D eigenvalue weighted by Crippen LogP contribution is 2.23. The molecule has 1 fully saturated rings. The third-order valence-corrected chi connectivity index (χ3v) is 3.62. The Kier molecular flexibility index (Phi) is 4.66. The minimum Gasteiger partial charge on any atom is -0.492 e. The Morgan fingerprint density at radius 2 is 2.17 bits per heavy atom. The molecule has 1 aliphatic heterocycles. The molecule has 3 rings (SSSR count). The van der Waals surface area contributed by atoms with Gasteiger partial charge < -0.3 is 14.7 Å². The Hall–Kier alpha value is -3.01. The second kappa shape index (κ2) is 7.04. The van der Waals surface area contributed by atoms with Gasteiger partial charge in [0.05, 0.1) is 25.6 Å². The van der Waals surface area contributed by atoms with Gasteiger partial charge in [0.1, 0.15) is 17.8 Å². The Morgan fingerprint density at radius 1 is 1.38 bits per heavy atom. The third-order valence-electron chi connectivity index (χ3n) is 3.62. The molecule has 0 saturated carbocycles. The number of morpholine rings is 1. The maximum Gasteiger partial charge on any atom is 0.236 e. The Bertz CT molecular complexity index is 724. The molecular formula is C14H18N8O2. The summed E-state index contributed by atoms with van der Waals surface area (Å²) in [5.74, 6) is 0.990. The number of nitrogens with zero attached hydrogens (tertiary/aromatic N) is 8. The summed E-state index contributed by atoms with van der Waals surface area (Å²) in [7, 11) is 0. The van der Waals surface area contributed by atoms with Gasteiger partial charge in [-0.25, -0.2) is 14.6 Å². The van der Waals surface area contributed by atoms with E-state index >= 15 is 0 Å². The minimum absolute atomic E-state index is 0.151. The van der Waals surface area contributed by atoms with E-state index in [1.807, 2.05) is 0 Å². The maximum atomic E-state index is 10.5. The lowest BCUT2D eigenvalue weighted by Gasteiger charge is -2.28. The van der Waals surface area contributed by atoms with E-state index in [2.05, 4.69) is 37.0 Å². The molecule has 10 heteroatoms. The largest absolute Gasteiger partial charge is 0.492 e. The fraction of sp³-hybridized carbons (Fsp3) is 0.357. The predicted octanol–water partition coefficient (Wildman–Crippen LogP) is 0.731. The number of hydrogen-bond donors (Lipinski definition) is 1. The van der Waals surface area contributed by atoms with Crippen molar-refractivity contribution in [1.29, 1.82) is 0 Å². The van der Waals surface area contributed by atoms with Crippen molar-refractivity contribution in [2.45, 2.75) is 6.92 Å². The maximum absolute atomic E-state index is 10.5. The van der Waals surface area contributed by atoms with Crippen LogP contribution in [0.5, 0.6) is 0 Å². The highest BCUT2D eigenvalue weighted by molar-refractivity contribution is 5.58. The molecule has 0 atom stereocenters. The molecule has 0 amide bonds. The predicted molar refractivity (Wildman–Crippen MR) is 88.6 cm³/mol. The van der Waals surface area contributed by atoms with Crippen molar-refractivity contribution in [2.24, 2.45) is 5.10 Å². The Morgan fingerprint density at radius 3 is 2.83 bits per heavy atom. The van der Waals surface area contributed by atoms with E-state index in [1.54, 1.807) is 19.2 Å². The van der Waals surface area contributed by atoms with Crippen LogP contribution in [0.2, 0.25) is 0 Å². The molecule has 0 radical (unpaired) electrons. The van der Waals surface area contributed by atoms with Crippen LogP contribution in [0.25, 0.3) is 5.70 Å². The fourth-order valence-electron chi connectivity index (χ4n) is 2.31. The summed E-state index contributed by atoms with van der Waals surface area (Å²) in [6, 6.07) is 1.74. The van der Waals surface area contributed by atoms with Crippen molar-refractivity contribution in [1.82, 2.24) is 25.0 Å². The number of allylic oxidation sites excluding steroid dienone is 1. The summed E-state index contributed by atoms with van der Waals surface area (Å²) in [5, 5.41) is 23.1.